The molecule has 0 bridgehead atoms. The lowest BCUT2D eigenvalue weighted by atomic mass is 10.1. The van der Waals surface area contributed by atoms with E-state index in [9.17, 15) is 18.0 Å². The Morgan fingerprint density at radius 1 is 1.03 bits per heavy atom. The molecule has 2 atom stereocenters. The lowest BCUT2D eigenvalue weighted by Gasteiger charge is -2.33. The Kier molecular flexibility index (Phi) is 9.67. The van der Waals surface area contributed by atoms with Crippen LogP contribution in [-0.4, -0.2) is 63.2 Å². The summed E-state index contributed by atoms with van der Waals surface area (Å²) in [5.41, 5.74) is 1.03. The minimum Gasteiger partial charge on any atom is -0.486 e. The van der Waals surface area contributed by atoms with Gasteiger partial charge in [-0.2, -0.15) is 0 Å². The van der Waals surface area contributed by atoms with Gasteiger partial charge in [0.25, 0.3) is 0 Å². The highest BCUT2D eigenvalue weighted by molar-refractivity contribution is 7.92. The maximum atomic E-state index is 13.8. The molecule has 2 aromatic carbocycles. The van der Waals surface area contributed by atoms with Gasteiger partial charge in [-0.1, -0.05) is 37.6 Å². The molecule has 0 unspecified atom stereocenters. The molecule has 0 saturated heterocycles. The van der Waals surface area contributed by atoms with Gasteiger partial charge in [0.15, 0.2) is 11.5 Å². The van der Waals surface area contributed by atoms with Crippen LogP contribution in [0.4, 0.5) is 5.69 Å². The number of benzene rings is 2. The number of sulfonamides is 1. The second-order valence-corrected chi connectivity index (χ2v) is 11.3. The van der Waals surface area contributed by atoms with Crippen LogP contribution < -0.4 is 19.1 Å². The first-order valence-corrected chi connectivity index (χ1v) is 14.5. The molecule has 202 valence electrons. The maximum absolute atomic E-state index is 13.8. The zero-order valence-corrected chi connectivity index (χ0v) is 23.1. The Hall–Kier alpha value is -2.98. The topological polar surface area (TPSA) is 105 Å². The summed E-state index contributed by atoms with van der Waals surface area (Å²) in [5, 5.41) is 3.49. The fraction of sp³-hybridized carbons (Fsp3) is 0.462. The molecule has 1 heterocycles. The van der Waals surface area contributed by atoms with Crippen LogP contribution in [0.3, 0.4) is 0 Å². The average Bonchev–Trinajstić information content (AvgIpc) is 2.87. The Balaban J connectivity index is 1.94. The first-order chi connectivity index (χ1) is 17.5. The van der Waals surface area contributed by atoms with Crippen molar-refractivity contribution >= 4 is 39.1 Å². The van der Waals surface area contributed by atoms with Crippen molar-refractivity contribution in [1.82, 2.24) is 10.2 Å². The molecule has 0 saturated carbocycles. The van der Waals surface area contributed by atoms with Crippen LogP contribution in [0.15, 0.2) is 42.5 Å². The molecule has 9 nitrogen and oxygen atoms in total. The number of hydrogen-bond donors (Lipinski definition) is 1. The molecule has 11 heteroatoms. The van der Waals surface area contributed by atoms with Gasteiger partial charge in [0.2, 0.25) is 21.8 Å². The zero-order valence-electron chi connectivity index (χ0n) is 21.6. The van der Waals surface area contributed by atoms with Crippen LogP contribution in [0, 0.1) is 0 Å². The second-order valence-electron chi connectivity index (χ2n) is 8.99. The van der Waals surface area contributed by atoms with Crippen LogP contribution in [0.2, 0.25) is 5.02 Å². The Morgan fingerprint density at radius 3 is 2.27 bits per heavy atom. The normalized spacial score (nSPS) is 14.4. The molecule has 2 amide bonds. The van der Waals surface area contributed by atoms with Crippen LogP contribution in [0.1, 0.15) is 39.2 Å². The van der Waals surface area contributed by atoms with Gasteiger partial charge >= 0.3 is 0 Å². The largest absolute Gasteiger partial charge is 0.486 e. The van der Waals surface area contributed by atoms with E-state index in [4.69, 9.17) is 21.1 Å². The molecule has 1 aliphatic rings. The standard InChI is InChI=1S/C26H34ClN3O6S/c1-5-18(3)28-26(32)22(6-2)29(16-19-7-9-20(27)10-8-19)25(31)17-30(37(4,33)34)21-11-12-23-24(15-21)36-14-13-35-23/h7-12,15,18,22H,5-6,13-14,16-17H2,1-4H3,(H,28,32)/t18-,22-/m1/s1. The molecule has 1 aliphatic heterocycles. The number of carbonyl (C=O) groups excluding carboxylic acids is 2. The zero-order chi connectivity index (χ0) is 27.2. The highest BCUT2D eigenvalue weighted by Gasteiger charge is 2.32. The third-order valence-electron chi connectivity index (χ3n) is 6.15. The van der Waals surface area contributed by atoms with Crippen LogP contribution >= 0.6 is 11.6 Å². The molecular formula is C26H34ClN3O6S. The number of rotatable bonds is 11. The molecule has 0 spiro atoms. The fourth-order valence-electron chi connectivity index (χ4n) is 3.95. The highest BCUT2D eigenvalue weighted by Crippen LogP contribution is 2.34. The summed E-state index contributed by atoms with van der Waals surface area (Å²) in [7, 11) is -3.86. The van der Waals surface area contributed by atoms with Crippen LogP contribution in [-0.2, 0) is 26.2 Å². The summed E-state index contributed by atoms with van der Waals surface area (Å²) in [4.78, 5) is 28.3. The molecule has 1 N–H and O–H groups in total. The van der Waals surface area contributed by atoms with E-state index < -0.39 is 28.5 Å². The van der Waals surface area contributed by atoms with E-state index in [-0.39, 0.29) is 24.2 Å². The first kappa shape index (κ1) is 28.6. The monoisotopic (exact) mass is 551 g/mol. The van der Waals surface area contributed by atoms with Gasteiger partial charge in [-0.25, -0.2) is 8.42 Å². The van der Waals surface area contributed by atoms with Crippen molar-refractivity contribution in [1.29, 1.82) is 0 Å². The number of halogens is 1. The van der Waals surface area contributed by atoms with Gasteiger partial charge in [-0.05, 0) is 49.6 Å². The lowest BCUT2D eigenvalue weighted by Crippen LogP contribution is -2.53. The lowest BCUT2D eigenvalue weighted by molar-refractivity contribution is -0.140. The summed E-state index contributed by atoms with van der Waals surface area (Å²) in [6.07, 6.45) is 2.12. The van der Waals surface area contributed by atoms with Crippen molar-refractivity contribution < 1.29 is 27.5 Å². The Morgan fingerprint density at radius 2 is 1.68 bits per heavy atom. The number of nitrogens with one attached hydrogen (secondary N) is 1. The van der Waals surface area contributed by atoms with Crippen molar-refractivity contribution in [3.8, 4) is 11.5 Å². The number of amides is 2. The molecule has 0 fully saturated rings. The minimum atomic E-state index is -3.86. The van der Waals surface area contributed by atoms with Gasteiger partial charge in [-0.15, -0.1) is 0 Å². The summed E-state index contributed by atoms with van der Waals surface area (Å²) in [6, 6.07) is 10.8. The number of anilines is 1. The van der Waals surface area contributed by atoms with E-state index in [2.05, 4.69) is 5.32 Å². The number of ether oxygens (including phenoxy) is 2. The van der Waals surface area contributed by atoms with Crippen molar-refractivity contribution in [2.45, 2.75) is 52.2 Å². The van der Waals surface area contributed by atoms with Gasteiger partial charge in [0.1, 0.15) is 25.8 Å². The van der Waals surface area contributed by atoms with E-state index >= 15 is 0 Å². The molecular weight excluding hydrogens is 518 g/mol. The maximum Gasteiger partial charge on any atom is 0.244 e. The van der Waals surface area contributed by atoms with Gasteiger partial charge in [-0.3, -0.25) is 13.9 Å². The van der Waals surface area contributed by atoms with E-state index in [1.54, 1.807) is 42.5 Å². The summed E-state index contributed by atoms with van der Waals surface area (Å²) in [5.74, 6) is 0.111. The molecule has 2 aromatic rings. The van der Waals surface area contributed by atoms with E-state index in [1.165, 1.54) is 4.90 Å². The molecule has 0 aliphatic carbocycles. The third-order valence-corrected chi connectivity index (χ3v) is 7.54. The van der Waals surface area contributed by atoms with Crippen molar-refractivity contribution in [2.24, 2.45) is 0 Å². The number of hydrogen-bond acceptors (Lipinski definition) is 6. The Labute approximate surface area is 223 Å². The smallest absolute Gasteiger partial charge is 0.244 e. The highest BCUT2D eigenvalue weighted by atomic mass is 35.5. The van der Waals surface area contributed by atoms with E-state index in [0.29, 0.717) is 36.2 Å². The van der Waals surface area contributed by atoms with Gasteiger partial charge < -0.3 is 19.7 Å². The van der Waals surface area contributed by atoms with E-state index in [0.717, 1.165) is 22.5 Å². The minimum absolute atomic E-state index is 0.0701. The molecule has 3 rings (SSSR count). The Bertz CT molecular complexity index is 1210. The summed E-state index contributed by atoms with van der Waals surface area (Å²) in [6.45, 7) is 6.03. The number of fused-ring (bicyclic) bond motifs is 1. The van der Waals surface area contributed by atoms with Crippen molar-refractivity contribution in [3.05, 3.63) is 53.1 Å². The molecule has 0 radical (unpaired) electrons. The quantitative estimate of drug-likeness (QED) is 0.457. The van der Waals surface area contributed by atoms with Crippen molar-refractivity contribution in [2.75, 3.05) is 30.3 Å². The first-order valence-electron chi connectivity index (χ1n) is 12.2. The summed E-state index contributed by atoms with van der Waals surface area (Å²) >= 11 is 6.02. The average molecular weight is 552 g/mol. The van der Waals surface area contributed by atoms with Crippen molar-refractivity contribution in [3.63, 3.8) is 0 Å². The van der Waals surface area contributed by atoms with Gasteiger partial charge in [0, 0.05) is 23.7 Å². The predicted molar refractivity (Wildman–Crippen MR) is 144 cm³/mol. The predicted octanol–water partition coefficient (Wildman–Crippen LogP) is 3.60. The number of nitrogens with zero attached hydrogens (tertiary/aromatic N) is 2. The fourth-order valence-corrected chi connectivity index (χ4v) is 4.92. The summed E-state index contributed by atoms with van der Waals surface area (Å²) < 4.78 is 37.7. The SMILES string of the molecule is CC[C@@H](C)NC(=O)[C@@H](CC)N(Cc1ccc(Cl)cc1)C(=O)CN(c1ccc2c(c1)OCCO2)S(C)(=O)=O. The second kappa shape index (κ2) is 12.5. The van der Waals surface area contributed by atoms with Gasteiger partial charge in [0.05, 0.1) is 11.9 Å². The molecule has 37 heavy (non-hydrogen) atoms. The van der Waals surface area contributed by atoms with E-state index in [1.807, 2.05) is 20.8 Å². The number of carbonyl (C=O) groups is 2. The van der Waals surface area contributed by atoms with Crippen LogP contribution in [0.25, 0.3) is 0 Å². The third kappa shape index (κ3) is 7.52. The molecule has 0 aromatic heterocycles. The van der Waals surface area contributed by atoms with Crippen LogP contribution in [0.5, 0.6) is 11.5 Å².